The average molecular weight is 462 g/mol. The first kappa shape index (κ1) is 19.9. The van der Waals surface area contributed by atoms with Gasteiger partial charge in [0.25, 0.3) is 5.91 Å². The summed E-state index contributed by atoms with van der Waals surface area (Å²) in [5.74, 6) is 1.30. The number of aromatic nitrogens is 2. The van der Waals surface area contributed by atoms with Gasteiger partial charge in [-0.3, -0.25) is 4.79 Å². The molecular formula is C21H24BrN3O4. The van der Waals surface area contributed by atoms with Gasteiger partial charge in [0, 0.05) is 30.9 Å². The number of para-hydroxylation sites is 1. The Morgan fingerprint density at radius 1 is 1.34 bits per heavy atom. The maximum atomic E-state index is 12.7. The van der Waals surface area contributed by atoms with E-state index >= 15 is 0 Å². The Bertz CT molecular complexity index is 888. The molecule has 29 heavy (non-hydrogen) atoms. The topological polar surface area (TPSA) is 73.8 Å². The number of nitrogens with zero attached hydrogens (tertiary/aromatic N) is 3. The lowest BCUT2D eigenvalue weighted by Crippen LogP contribution is -2.46. The zero-order chi connectivity index (χ0) is 20.4. The van der Waals surface area contributed by atoms with Crippen molar-refractivity contribution in [1.82, 2.24) is 14.9 Å². The third-order valence-electron chi connectivity index (χ3n) is 5.01. The van der Waals surface area contributed by atoms with E-state index < -0.39 is 0 Å². The predicted octanol–water partition coefficient (Wildman–Crippen LogP) is 3.40. The van der Waals surface area contributed by atoms with Crippen LogP contribution in [0.1, 0.15) is 32.3 Å². The number of amides is 1. The van der Waals surface area contributed by atoms with E-state index in [0.717, 1.165) is 35.0 Å². The summed E-state index contributed by atoms with van der Waals surface area (Å²) in [6, 6.07) is 6.14. The van der Waals surface area contributed by atoms with Crippen LogP contribution in [0.5, 0.6) is 17.5 Å². The van der Waals surface area contributed by atoms with Crippen LogP contribution in [0, 0.1) is 0 Å². The molecule has 1 aromatic heterocycles. The number of fused-ring (bicyclic) bond motifs is 1. The molecule has 1 aromatic carbocycles. The molecule has 0 saturated carbocycles. The van der Waals surface area contributed by atoms with Crippen LogP contribution in [0.25, 0.3) is 0 Å². The number of hydrogen-bond donors (Lipinski definition) is 0. The molecule has 0 radical (unpaired) electrons. The standard InChI is InChI=1S/C21H24BrN3O4/c1-21(2)9-14-5-3-7-17(19(14)29-21)27-13-18(26)25-8-4-6-16(12-25)28-20-23-10-15(22)11-24-20/h3,5,7,10-11,16H,4,6,8-9,12-13H2,1-2H3. The summed E-state index contributed by atoms with van der Waals surface area (Å²) < 4.78 is 18.5. The van der Waals surface area contributed by atoms with E-state index in [1.54, 1.807) is 17.3 Å². The Labute approximate surface area is 178 Å². The van der Waals surface area contributed by atoms with Gasteiger partial charge < -0.3 is 19.1 Å². The molecule has 1 amide bonds. The van der Waals surface area contributed by atoms with Gasteiger partial charge in [0.15, 0.2) is 18.1 Å². The van der Waals surface area contributed by atoms with Crippen LogP contribution in [0.2, 0.25) is 0 Å². The normalized spacial score (nSPS) is 20.0. The average Bonchev–Trinajstić information content (AvgIpc) is 3.02. The highest BCUT2D eigenvalue weighted by Gasteiger charge is 2.33. The Hall–Kier alpha value is -2.35. The first-order valence-corrected chi connectivity index (χ1v) is 10.5. The maximum Gasteiger partial charge on any atom is 0.316 e. The molecule has 2 aliphatic heterocycles. The highest BCUT2D eigenvalue weighted by Crippen LogP contribution is 2.41. The number of hydrogen-bond acceptors (Lipinski definition) is 6. The molecule has 1 unspecified atom stereocenters. The van der Waals surface area contributed by atoms with Crippen molar-refractivity contribution in [1.29, 1.82) is 0 Å². The second-order valence-corrected chi connectivity index (χ2v) is 8.89. The Kier molecular flexibility index (Phi) is 5.63. The van der Waals surface area contributed by atoms with Gasteiger partial charge in [0.2, 0.25) is 0 Å². The molecule has 154 valence electrons. The largest absolute Gasteiger partial charge is 0.483 e. The fourth-order valence-corrected chi connectivity index (χ4v) is 3.91. The smallest absolute Gasteiger partial charge is 0.316 e. The lowest BCUT2D eigenvalue weighted by molar-refractivity contribution is -0.136. The fraction of sp³-hybridized carbons (Fsp3) is 0.476. The highest BCUT2D eigenvalue weighted by molar-refractivity contribution is 9.10. The number of piperidine rings is 1. The van der Waals surface area contributed by atoms with Gasteiger partial charge in [-0.15, -0.1) is 0 Å². The summed E-state index contributed by atoms with van der Waals surface area (Å²) >= 11 is 3.30. The lowest BCUT2D eigenvalue weighted by atomic mass is 10.0. The predicted molar refractivity (Wildman–Crippen MR) is 110 cm³/mol. The molecule has 4 rings (SSSR count). The van der Waals surface area contributed by atoms with E-state index in [1.807, 2.05) is 32.0 Å². The summed E-state index contributed by atoms with van der Waals surface area (Å²) in [6.07, 6.45) is 5.72. The van der Waals surface area contributed by atoms with Crippen molar-refractivity contribution in [2.75, 3.05) is 19.7 Å². The Morgan fingerprint density at radius 3 is 2.93 bits per heavy atom. The monoisotopic (exact) mass is 461 g/mol. The Morgan fingerprint density at radius 2 is 2.14 bits per heavy atom. The number of rotatable bonds is 5. The summed E-state index contributed by atoms with van der Waals surface area (Å²) in [5.41, 5.74) is 0.860. The van der Waals surface area contributed by atoms with Crippen molar-refractivity contribution in [3.8, 4) is 17.5 Å². The van der Waals surface area contributed by atoms with E-state index in [0.29, 0.717) is 24.8 Å². The van der Waals surface area contributed by atoms with Gasteiger partial charge in [0.05, 0.1) is 11.0 Å². The number of halogens is 1. The van der Waals surface area contributed by atoms with E-state index in [-0.39, 0.29) is 24.2 Å². The van der Waals surface area contributed by atoms with Crippen molar-refractivity contribution in [3.63, 3.8) is 0 Å². The highest BCUT2D eigenvalue weighted by atomic mass is 79.9. The minimum atomic E-state index is -0.252. The van der Waals surface area contributed by atoms with Gasteiger partial charge in [0.1, 0.15) is 11.7 Å². The summed E-state index contributed by atoms with van der Waals surface area (Å²) in [7, 11) is 0. The first-order chi connectivity index (χ1) is 13.9. The quantitative estimate of drug-likeness (QED) is 0.679. The molecule has 3 heterocycles. The number of likely N-dealkylation sites (tertiary alicyclic amines) is 1. The molecule has 0 aliphatic carbocycles. The van der Waals surface area contributed by atoms with Gasteiger partial charge in [-0.05, 0) is 48.7 Å². The van der Waals surface area contributed by atoms with Crippen molar-refractivity contribution >= 4 is 21.8 Å². The maximum absolute atomic E-state index is 12.7. The molecule has 0 N–H and O–H groups in total. The van der Waals surface area contributed by atoms with E-state index in [2.05, 4.69) is 25.9 Å². The first-order valence-electron chi connectivity index (χ1n) is 9.75. The molecule has 0 bridgehead atoms. The molecule has 7 nitrogen and oxygen atoms in total. The minimum Gasteiger partial charge on any atom is -0.483 e. The second kappa shape index (κ2) is 8.18. The van der Waals surface area contributed by atoms with Gasteiger partial charge >= 0.3 is 6.01 Å². The molecule has 0 spiro atoms. The van der Waals surface area contributed by atoms with Crippen molar-refractivity contribution in [2.45, 2.75) is 44.8 Å². The molecule has 8 heteroatoms. The second-order valence-electron chi connectivity index (χ2n) is 7.98. The summed E-state index contributed by atoms with van der Waals surface area (Å²) in [6.45, 7) is 5.26. The number of benzene rings is 1. The number of ether oxygens (including phenoxy) is 3. The van der Waals surface area contributed by atoms with Crippen LogP contribution in [-0.4, -0.2) is 52.2 Å². The number of carbonyl (C=O) groups is 1. The molecular weight excluding hydrogens is 438 g/mol. The van der Waals surface area contributed by atoms with Crippen molar-refractivity contribution in [2.24, 2.45) is 0 Å². The van der Waals surface area contributed by atoms with Gasteiger partial charge in [-0.25, -0.2) is 9.97 Å². The lowest BCUT2D eigenvalue weighted by Gasteiger charge is -2.32. The van der Waals surface area contributed by atoms with Crippen LogP contribution in [0.4, 0.5) is 0 Å². The zero-order valence-electron chi connectivity index (χ0n) is 16.6. The van der Waals surface area contributed by atoms with E-state index in [4.69, 9.17) is 14.2 Å². The zero-order valence-corrected chi connectivity index (χ0v) is 18.1. The summed E-state index contributed by atoms with van der Waals surface area (Å²) in [5, 5.41) is 0. The molecule has 1 saturated heterocycles. The van der Waals surface area contributed by atoms with Gasteiger partial charge in [-0.1, -0.05) is 12.1 Å². The minimum absolute atomic E-state index is 0.0260. The summed E-state index contributed by atoms with van der Waals surface area (Å²) in [4.78, 5) is 22.8. The molecule has 1 fully saturated rings. The van der Waals surface area contributed by atoms with Crippen molar-refractivity contribution in [3.05, 3.63) is 40.6 Å². The molecule has 2 aromatic rings. The van der Waals surface area contributed by atoms with Crippen LogP contribution in [0.3, 0.4) is 0 Å². The van der Waals surface area contributed by atoms with Crippen LogP contribution in [0.15, 0.2) is 35.1 Å². The Balaban J connectivity index is 1.33. The van der Waals surface area contributed by atoms with Crippen LogP contribution < -0.4 is 14.2 Å². The fourth-order valence-electron chi connectivity index (χ4n) is 3.70. The van der Waals surface area contributed by atoms with E-state index in [1.165, 1.54) is 0 Å². The van der Waals surface area contributed by atoms with Gasteiger partial charge in [-0.2, -0.15) is 0 Å². The van der Waals surface area contributed by atoms with Crippen LogP contribution >= 0.6 is 15.9 Å². The van der Waals surface area contributed by atoms with Crippen LogP contribution in [-0.2, 0) is 11.2 Å². The molecule has 1 atom stereocenters. The molecule has 2 aliphatic rings. The van der Waals surface area contributed by atoms with Crippen molar-refractivity contribution < 1.29 is 19.0 Å². The number of carbonyl (C=O) groups excluding carboxylic acids is 1. The van der Waals surface area contributed by atoms with E-state index in [9.17, 15) is 4.79 Å². The third kappa shape index (κ3) is 4.80. The SMILES string of the molecule is CC1(C)Cc2cccc(OCC(=O)N3CCCC(Oc4ncc(Br)cn4)C3)c2O1. The third-order valence-corrected chi connectivity index (χ3v) is 5.42.